The first kappa shape index (κ1) is 13.1. The molecule has 0 fully saturated rings. The van der Waals surface area contributed by atoms with Crippen molar-refractivity contribution in [3.63, 3.8) is 0 Å². The van der Waals surface area contributed by atoms with E-state index < -0.39 is 6.61 Å². The topological polar surface area (TPSA) is 57.4 Å². The number of hydrogen-bond acceptors (Lipinski definition) is 4. The normalized spacial score (nSPS) is 10.5. The number of anilines is 1. The molecule has 0 aliphatic rings. The first-order valence-corrected chi connectivity index (χ1v) is 5.45. The van der Waals surface area contributed by atoms with Crippen molar-refractivity contribution in [1.29, 1.82) is 0 Å². The van der Waals surface area contributed by atoms with Gasteiger partial charge in [-0.15, -0.1) is 0 Å². The molecule has 0 bridgehead atoms. The standard InChI is InChI=1S/C13H12F2N2O2/c1-18-12-11(10(16)6-7-17-12)8-2-4-9(5-3-8)19-13(14)15/h2-7,13H,1H3,(H2,16,17). The Morgan fingerprint density at radius 3 is 2.42 bits per heavy atom. The third-order valence-corrected chi connectivity index (χ3v) is 2.51. The highest BCUT2D eigenvalue weighted by Gasteiger charge is 2.11. The van der Waals surface area contributed by atoms with Gasteiger partial charge in [0.25, 0.3) is 0 Å². The number of nitrogens with two attached hydrogens (primary N) is 1. The van der Waals surface area contributed by atoms with Crippen LogP contribution >= 0.6 is 0 Å². The number of methoxy groups -OCH3 is 1. The molecule has 100 valence electrons. The van der Waals surface area contributed by atoms with E-state index >= 15 is 0 Å². The van der Waals surface area contributed by atoms with Crippen LogP contribution in [0.3, 0.4) is 0 Å². The van der Waals surface area contributed by atoms with Crippen LogP contribution in [0.25, 0.3) is 11.1 Å². The van der Waals surface area contributed by atoms with Gasteiger partial charge in [0.15, 0.2) is 0 Å². The number of pyridine rings is 1. The zero-order valence-corrected chi connectivity index (χ0v) is 10.1. The van der Waals surface area contributed by atoms with Crippen molar-refractivity contribution in [2.45, 2.75) is 6.61 Å². The van der Waals surface area contributed by atoms with E-state index in [2.05, 4.69) is 9.72 Å². The van der Waals surface area contributed by atoms with E-state index in [0.29, 0.717) is 22.7 Å². The minimum absolute atomic E-state index is 0.0835. The Labute approximate surface area is 108 Å². The summed E-state index contributed by atoms with van der Waals surface area (Å²) < 4.78 is 33.5. The fourth-order valence-corrected chi connectivity index (χ4v) is 1.70. The van der Waals surface area contributed by atoms with E-state index in [1.807, 2.05) is 0 Å². The summed E-state index contributed by atoms with van der Waals surface area (Å²) in [6.45, 7) is -2.84. The summed E-state index contributed by atoms with van der Waals surface area (Å²) in [4.78, 5) is 4.05. The highest BCUT2D eigenvalue weighted by Crippen LogP contribution is 2.34. The van der Waals surface area contributed by atoms with Crippen LogP contribution in [0.1, 0.15) is 0 Å². The molecule has 0 saturated carbocycles. The molecular weight excluding hydrogens is 254 g/mol. The summed E-state index contributed by atoms with van der Waals surface area (Å²) in [6.07, 6.45) is 1.53. The van der Waals surface area contributed by atoms with Gasteiger partial charge < -0.3 is 15.2 Å². The average Bonchev–Trinajstić information content (AvgIpc) is 2.39. The van der Waals surface area contributed by atoms with Crippen LogP contribution in [0.4, 0.5) is 14.5 Å². The molecule has 0 amide bonds. The number of halogens is 2. The predicted molar refractivity (Wildman–Crippen MR) is 67.3 cm³/mol. The minimum Gasteiger partial charge on any atom is -0.480 e. The Morgan fingerprint density at radius 1 is 1.16 bits per heavy atom. The van der Waals surface area contributed by atoms with Crippen LogP contribution < -0.4 is 15.2 Å². The molecule has 0 saturated heterocycles. The summed E-state index contributed by atoms with van der Waals surface area (Å²) in [5.74, 6) is 0.461. The van der Waals surface area contributed by atoms with Crippen molar-refractivity contribution in [2.75, 3.05) is 12.8 Å². The molecule has 0 radical (unpaired) electrons. The molecule has 19 heavy (non-hydrogen) atoms. The minimum atomic E-state index is -2.84. The second-order valence-electron chi connectivity index (χ2n) is 3.69. The van der Waals surface area contributed by atoms with E-state index in [4.69, 9.17) is 10.5 Å². The number of alkyl halides is 2. The molecule has 1 aromatic carbocycles. The molecule has 0 aliphatic carbocycles. The molecule has 0 atom stereocenters. The van der Waals surface area contributed by atoms with E-state index in [-0.39, 0.29) is 5.75 Å². The van der Waals surface area contributed by atoms with Crippen LogP contribution in [0.15, 0.2) is 36.5 Å². The van der Waals surface area contributed by atoms with Gasteiger partial charge in [0.1, 0.15) is 5.75 Å². The number of ether oxygens (including phenoxy) is 2. The molecule has 2 rings (SSSR count). The van der Waals surface area contributed by atoms with Crippen molar-refractivity contribution in [3.05, 3.63) is 36.5 Å². The average molecular weight is 266 g/mol. The van der Waals surface area contributed by atoms with Gasteiger partial charge >= 0.3 is 6.61 Å². The Morgan fingerprint density at radius 2 is 1.84 bits per heavy atom. The molecule has 0 unspecified atom stereocenters. The van der Waals surface area contributed by atoms with Crippen LogP contribution in [0, 0.1) is 0 Å². The Hall–Kier alpha value is -2.37. The zero-order valence-electron chi connectivity index (χ0n) is 10.1. The van der Waals surface area contributed by atoms with Gasteiger partial charge in [0.2, 0.25) is 5.88 Å². The van der Waals surface area contributed by atoms with Crippen LogP contribution in [0.2, 0.25) is 0 Å². The van der Waals surface area contributed by atoms with Crippen LogP contribution in [-0.2, 0) is 0 Å². The van der Waals surface area contributed by atoms with E-state index in [0.717, 1.165) is 0 Å². The molecule has 2 N–H and O–H groups in total. The van der Waals surface area contributed by atoms with E-state index in [1.165, 1.54) is 25.4 Å². The number of nitrogen functional groups attached to an aromatic ring is 1. The maximum absolute atomic E-state index is 12.1. The van der Waals surface area contributed by atoms with Crippen LogP contribution in [0.5, 0.6) is 11.6 Å². The molecule has 4 nitrogen and oxygen atoms in total. The smallest absolute Gasteiger partial charge is 0.387 e. The van der Waals surface area contributed by atoms with Crippen molar-refractivity contribution in [1.82, 2.24) is 4.98 Å². The SMILES string of the molecule is COc1nccc(N)c1-c1ccc(OC(F)F)cc1. The van der Waals surface area contributed by atoms with Crippen molar-refractivity contribution in [2.24, 2.45) is 0 Å². The summed E-state index contributed by atoms with van der Waals surface area (Å²) in [5, 5.41) is 0. The van der Waals surface area contributed by atoms with Gasteiger partial charge in [-0.05, 0) is 23.8 Å². The number of nitrogens with zero attached hydrogens (tertiary/aromatic N) is 1. The van der Waals surface area contributed by atoms with Crippen molar-refractivity contribution < 1.29 is 18.3 Å². The Bertz CT molecular complexity index is 559. The molecule has 1 aromatic heterocycles. The first-order valence-electron chi connectivity index (χ1n) is 5.45. The monoisotopic (exact) mass is 266 g/mol. The van der Waals surface area contributed by atoms with Gasteiger partial charge in [-0.25, -0.2) is 4.98 Å². The lowest BCUT2D eigenvalue weighted by Gasteiger charge is -2.11. The number of aromatic nitrogens is 1. The van der Waals surface area contributed by atoms with Crippen molar-refractivity contribution >= 4 is 5.69 Å². The number of rotatable bonds is 4. The second-order valence-corrected chi connectivity index (χ2v) is 3.69. The van der Waals surface area contributed by atoms with Crippen LogP contribution in [-0.4, -0.2) is 18.7 Å². The maximum Gasteiger partial charge on any atom is 0.387 e. The Balaban J connectivity index is 2.37. The number of benzene rings is 1. The largest absolute Gasteiger partial charge is 0.480 e. The van der Waals surface area contributed by atoms with Gasteiger partial charge in [-0.2, -0.15) is 8.78 Å². The lowest BCUT2D eigenvalue weighted by Crippen LogP contribution is -2.01. The summed E-state index contributed by atoms with van der Waals surface area (Å²) in [7, 11) is 1.49. The first-order chi connectivity index (χ1) is 9.11. The molecule has 0 spiro atoms. The zero-order chi connectivity index (χ0) is 13.8. The molecular formula is C13H12F2N2O2. The highest BCUT2D eigenvalue weighted by molar-refractivity contribution is 5.80. The summed E-state index contributed by atoms with van der Waals surface area (Å²) in [5.41, 5.74) is 7.70. The second kappa shape index (κ2) is 5.51. The lowest BCUT2D eigenvalue weighted by atomic mass is 10.1. The summed E-state index contributed by atoms with van der Waals surface area (Å²) >= 11 is 0. The third kappa shape index (κ3) is 2.90. The molecule has 0 aliphatic heterocycles. The third-order valence-electron chi connectivity index (χ3n) is 2.51. The molecule has 6 heteroatoms. The predicted octanol–water partition coefficient (Wildman–Crippen LogP) is 2.94. The Kier molecular flexibility index (Phi) is 3.79. The fraction of sp³-hybridized carbons (Fsp3) is 0.154. The lowest BCUT2D eigenvalue weighted by molar-refractivity contribution is -0.0498. The number of hydrogen-bond donors (Lipinski definition) is 1. The quantitative estimate of drug-likeness (QED) is 0.924. The van der Waals surface area contributed by atoms with Gasteiger partial charge in [-0.1, -0.05) is 12.1 Å². The summed E-state index contributed by atoms with van der Waals surface area (Å²) in [6, 6.07) is 7.75. The van der Waals surface area contributed by atoms with Gasteiger partial charge in [0.05, 0.1) is 12.7 Å². The molecule has 2 aromatic rings. The van der Waals surface area contributed by atoms with E-state index in [1.54, 1.807) is 18.2 Å². The van der Waals surface area contributed by atoms with E-state index in [9.17, 15) is 8.78 Å². The van der Waals surface area contributed by atoms with Crippen molar-refractivity contribution in [3.8, 4) is 22.8 Å². The molecule has 1 heterocycles. The highest BCUT2D eigenvalue weighted by atomic mass is 19.3. The maximum atomic E-state index is 12.1. The van der Waals surface area contributed by atoms with Gasteiger partial charge in [-0.3, -0.25) is 0 Å². The fourth-order valence-electron chi connectivity index (χ4n) is 1.70. The van der Waals surface area contributed by atoms with Gasteiger partial charge in [0, 0.05) is 11.9 Å².